The third-order valence-electron chi connectivity index (χ3n) is 4.85. The van der Waals surface area contributed by atoms with Crippen molar-refractivity contribution in [1.82, 2.24) is 9.88 Å². The minimum atomic E-state index is -0.473. The standard InChI is InChI=1S/C20H20FN3O2S/c1-13-7-8-16(26-2)17-18(13)27-20(22-17)24-11-9-23(10-12-24)19(25)14-5-3-4-6-15(14)21/h3-8H,9-12H2,1-2H3. The molecule has 5 nitrogen and oxygen atoms in total. The number of hydrogen-bond acceptors (Lipinski definition) is 5. The molecule has 140 valence electrons. The van der Waals surface area contributed by atoms with Crippen molar-refractivity contribution >= 4 is 32.6 Å². The van der Waals surface area contributed by atoms with Gasteiger partial charge in [-0.1, -0.05) is 29.5 Å². The molecule has 7 heteroatoms. The monoisotopic (exact) mass is 385 g/mol. The average molecular weight is 385 g/mol. The van der Waals surface area contributed by atoms with Crippen molar-refractivity contribution in [2.45, 2.75) is 6.92 Å². The molecule has 2 aromatic carbocycles. The van der Waals surface area contributed by atoms with Crippen molar-refractivity contribution in [3.63, 3.8) is 0 Å². The van der Waals surface area contributed by atoms with E-state index < -0.39 is 5.82 Å². The van der Waals surface area contributed by atoms with Gasteiger partial charge in [-0.2, -0.15) is 0 Å². The second-order valence-electron chi connectivity index (χ2n) is 6.52. The zero-order valence-electron chi connectivity index (χ0n) is 15.2. The van der Waals surface area contributed by atoms with Gasteiger partial charge < -0.3 is 14.5 Å². The average Bonchev–Trinajstić information content (AvgIpc) is 3.15. The number of rotatable bonds is 3. The van der Waals surface area contributed by atoms with Crippen LogP contribution in [0.5, 0.6) is 5.75 Å². The van der Waals surface area contributed by atoms with Gasteiger partial charge in [0.2, 0.25) is 0 Å². The largest absolute Gasteiger partial charge is 0.494 e. The van der Waals surface area contributed by atoms with Crippen LogP contribution in [-0.4, -0.2) is 49.1 Å². The third-order valence-corrected chi connectivity index (χ3v) is 6.11. The maximum Gasteiger partial charge on any atom is 0.256 e. The Kier molecular flexibility index (Phi) is 4.70. The number of piperazine rings is 1. The highest BCUT2D eigenvalue weighted by molar-refractivity contribution is 7.22. The molecule has 2 heterocycles. The molecule has 1 aliphatic heterocycles. The molecule has 4 rings (SSSR count). The molecular weight excluding hydrogens is 365 g/mol. The lowest BCUT2D eigenvalue weighted by atomic mass is 10.1. The van der Waals surface area contributed by atoms with Gasteiger partial charge in [-0.3, -0.25) is 4.79 Å². The Bertz CT molecular complexity index is 996. The van der Waals surface area contributed by atoms with E-state index in [-0.39, 0.29) is 11.5 Å². The zero-order valence-corrected chi connectivity index (χ0v) is 16.1. The van der Waals surface area contributed by atoms with E-state index >= 15 is 0 Å². The van der Waals surface area contributed by atoms with Crippen molar-refractivity contribution in [2.24, 2.45) is 0 Å². The van der Waals surface area contributed by atoms with Gasteiger partial charge >= 0.3 is 0 Å². The highest BCUT2D eigenvalue weighted by Gasteiger charge is 2.25. The van der Waals surface area contributed by atoms with Crippen molar-refractivity contribution in [2.75, 3.05) is 38.2 Å². The summed E-state index contributed by atoms with van der Waals surface area (Å²) in [6.45, 7) is 4.48. The first-order chi connectivity index (χ1) is 13.1. The zero-order chi connectivity index (χ0) is 19.0. The molecular formula is C20H20FN3O2S. The van der Waals surface area contributed by atoms with E-state index in [9.17, 15) is 9.18 Å². The van der Waals surface area contributed by atoms with Gasteiger partial charge in [0.05, 0.1) is 17.4 Å². The second kappa shape index (κ2) is 7.15. The first kappa shape index (κ1) is 17.7. The van der Waals surface area contributed by atoms with E-state index in [0.29, 0.717) is 26.2 Å². The summed E-state index contributed by atoms with van der Waals surface area (Å²) in [4.78, 5) is 21.2. The van der Waals surface area contributed by atoms with Crippen LogP contribution in [0.1, 0.15) is 15.9 Å². The minimum Gasteiger partial charge on any atom is -0.494 e. The lowest BCUT2D eigenvalue weighted by Crippen LogP contribution is -2.49. The molecule has 0 spiro atoms. The number of aryl methyl sites for hydroxylation is 1. The molecule has 3 aromatic rings. The predicted molar refractivity (Wildman–Crippen MR) is 105 cm³/mol. The Hall–Kier alpha value is -2.67. The highest BCUT2D eigenvalue weighted by atomic mass is 32.1. The fourth-order valence-corrected chi connectivity index (χ4v) is 4.41. The highest BCUT2D eigenvalue weighted by Crippen LogP contribution is 2.36. The second-order valence-corrected chi connectivity index (χ2v) is 7.50. The molecule has 0 radical (unpaired) electrons. The van der Waals surface area contributed by atoms with E-state index in [4.69, 9.17) is 9.72 Å². The summed E-state index contributed by atoms with van der Waals surface area (Å²) >= 11 is 1.64. The number of aromatic nitrogens is 1. The van der Waals surface area contributed by atoms with Gasteiger partial charge in [-0.15, -0.1) is 0 Å². The molecule has 1 aliphatic rings. The van der Waals surface area contributed by atoms with E-state index in [0.717, 1.165) is 21.1 Å². The molecule has 0 atom stereocenters. The maximum absolute atomic E-state index is 13.9. The van der Waals surface area contributed by atoms with Gasteiger partial charge in [-0.25, -0.2) is 9.37 Å². The Morgan fingerprint density at radius 1 is 1.15 bits per heavy atom. The number of methoxy groups -OCH3 is 1. The summed E-state index contributed by atoms with van der Waals surface area (Å²) in [5.74, 6) is 0.0414. The maximum atomic E-state index is 13.9. The molecule has 1 aromatic heterocycles. The van der Waals surface area contributed by atoms with Crippen molar-refractivity contribution in [3.05, 3.63) is 53.3 Å². The number of anilines is 1. The molecule has 0 aliphatic carbocycles. The number of hydrogen-bond donors (Lipinski definition) is 0. The molecule has 1 fully saturated rings. The third kappa shape index (κ3) is 3.23. The van der Waals surface area contributed by atoms with Crippen LogP contribution in [0.15, 0.2) is 36.4 Å². The molecule has 0 N–H and O–H groups in total. The van der Waals surface area contributed by atoms with Crippen molar-refractivity contribution in [3.8, 4) is 5.75 Å². The first-order valence-electron chi connectivity index (χ1n) is 8.81. The summed E-state index contributed by atoms with van der Waals surface area (Å²) in [6.07, 6.45) is 0. The summed E-state index contributed by atoms with van der Waals surface area (Å²) < 4.78 is 20.4. The van der Waals surface area contributed by atoms with Gasteiger partial charge in [-0.05, 0) is 30.7 Å². The summed E-state index contributed by atoms with van der Waals surface area (Å²) in [7, 11) is 1.65. The number of nitrogens with zero attached hydrogens (tertiary/aromatic N) is 3. The predicted octanol–water partition coefficient (Wildman–Crippen LogP) is 3.71. The van der Waals surface area contributed by atoms with Crippen LogP contribution in [0.4, 0.5) is 9.52 Å². The molecule has 0 unspecified atom stereocenters. The van der Waals surface area contributed by atoms with Crippen molar-refractivity contribution < 1.29 is 13.9 Å². The molecule has 1 amide bonds. The normalized spacial score (nSPS) is 14.6. The summed E-state index contributed by atoms with van der Waals surface area (Å²) in [6, 6.07) is 10.1. The molecule has 1 saturated heterocycles. The lowest BCUT2D eigenvalue weighted by Gasteiger charge is -2.34. The van der Waals surface area contributed by atoms with Crippen LogP contribution in [0.3, 0.4) is 0 Å². The Balaban J connectivity index is 1.51. The topological polar surface area (TPSA) is 45.7 Å². The van der Waals surface area contributed by atoms with Crippen LogP contribution in [0.2, 0.25) is 0 Å². The molecule has 0 saturated carbocycles. The van der Waals surface area contributed by atoms with Crippen LogP contribution in [-0.2, 0) is 0 Å². The van der Waals surface area contributed by atoms with E-state index in [1.54, 1.807) is 35.5 Å². The smallest absolute Gasteiger partial charge is 0.256 e. The SMILES string of the molecule is COc1ccc(C)c2sc(N3CCN(C(=O)c4ccccc4F)CC3)nc12. The van der Waals surface area contributed by atoms with Crippen LogP contribution in [0, 0.1) is 12.7 Å². The number of carbonyl (C=O) groups excluding carboxylic acids is 1. The van der Waals surface area contributed by atoms with E-state index in [1.807, 2.05) is 12.1 Å². The van der Waals surface area contributed by atoms with Crippen LogP contribution >= 0.6 is 11.3 Å². The number of ether oxygens (including phenoxy) is 1. The van der Waals surface area contributed by atoms with Gasteiger partial charge in [0.1, 0.15) is 17.1 Å². The Labute approximate surface area is 161 Å². The van der Waals surface area contributed by atoms with Gasteiger partial charge in [0, 0.05) is 26.2 Å². The number of amides is 1. The number of fused-ring (bicyclic) bond motifs is 1. The van der Waals surface area contributed by atoms with Crippen LogP contribution < -0.4 is 9.64 Å². The van der Waals surface area contributed by atoms with Crippen LogP contribution in [0.25, 0.3) is 10.2 Å². The van der Waals surface area contributed by atoms with Gasteiger partial charge in [0.15, 0.2) is 5.13 Å². The van der Waals surface area contributed by atoms with Gasteiger partial charge in [0.25, 0.3) is 5.91 Å². The minimum absolute atomic E-state index is 0.131. The summed E-state index contributed by atoms with van der Waals surface area (Å²) in [5, 5.41) is 0.926. The number of benzene rings is 2. The quantitative estimate of drug-likeness (QED) is 0.689. The van der Waals surface area contributed by atoms with Crippen molar-refractivity contribution in [1.29, 1.82) is 0 Å². The number of halogens is 1. The first-order valence-corrected chi connectivity index (χ1v) is 9.63. The molecule has 27 heavy (non-hydrogen) atoms. The fraction of sp³-hybridized carbons (Fsp3) is 0.300. The lowest BCUT2D eigenvalue weighted by molar-refractivity contribution is 0.0742. The fourth-order valence-electron chi connectivity index (χ4n) is 3.30. The Morgan fingerprint density at radius 3 is 2.59 bits per heavy atom. The van der Waals surface area contributed by atoms with E-state index in [2.05, 4.69) is 11.8 Å². The number of carbonyl (C=O) groups is 1. The summed E-state index contributed by atoms with van der Waals surface area (Å²) in [5.41, 5.74) is 2.18. The van der Waals surface area contributed by atoms with E-state index in [1.165, 1.54) is 17.7 Å². The molecule has 0 bridgehead atoms. The Morgan fingerprint density at radius 2 is 1.89 bits per heavy atom. The number of thiazole rings is 1.